The fourth-order valence-electron chi connectivity index (χ4n) is 4.25. The number of carbonyl (C=O) groups excluding carboxylic acids is 1. The normalized spacial score (nSPS) is 21.5. The van der Waals surface area contributed by atoms with E-state index in [2.05, 4.69) is 34.9 Å². The van der Waals surface area contributed by atoms with E-state index in [0.29, 0.717) is 24.7 Å². The Morgan fingerprint density at radius 2 is 1.84 bits per heavy atom. The van der Waals surface area contributed by atoms with Gasteiger partial charge in [0.25, 0.3) is 0 Å². The van der Waals surface area contributed by atoms with E-state index in [1.807, 2.05) is 19.1 Å². The van der Waals surface area contributed by atoms with Crippen LogP contribution in [-0.2, 0) is 14.8 Å². The van der Waals surface area contributed by atoms with Gasteiger partial charge in [0.1, 0.15) is 5.82 Å². The molecule has 3 rings (SSSR count). The summed E-state index contributed by atoms with van der Waals surface area (Å²) in [6.07, 6.45) is 5.05. The summed E-state index contributed by atoms with van der Waals surface area (Å²) in [7, 11) is -3.54. The lowest BCUT2D eigenvalue weighted by Gasteiger charge is -2.37. The molecular weight excluding hydrogens is 410 g/mol. The van der Waals surface area contributed by atoms with Gasteiger partial charge in [0.2, 0.25) is 15.9 Å². The van der Waals surface area contributed by atoms with Gasteiger partial charge in [-0.2, -0.15) is 0 Å². The zero-order valence-electron chi connectivity index (χ0n) is 18.3. The minimum Gasteiger partial charge on any atom is -0.311 e. The highest BCUT2D eigenvalue weighted by Crippen LogP contribution is 2.39. The average Bonchev–Trinajstić information content (AvgIpc) is 2.75. The summed E-state index contributed by atoms with van der Waals surface area (Å²) in [6.45, 7) is 6.70. The third-order valence-corrected chi connectivity index (χ3v) is 7.45. The molecule has 2 aromatic rings. The molecule has 31 heavy (non-hydrogen) atoms. The molecule has 166 valence electrons. The first kappa shape index (κ1) is 23.2. The first-order valence-corrected chi connectivity index (χ1v) is 12.2. The first-order chi connectivity index (χ1) is 14.8. The molecule has 1 aliphatic rings. The maximum atomic E-state index is 12.6. The fraction of sp³-hybridized carbons (Fsp3) is 0.417. The molecule has 1 heterocycles. The first-order valence-electron chi connectivity index (χ1n) is 10.7. The van der Waals surface area contributed by atoms with Gasteiger partial charge in [-0.05, 0) is 61.3 Å². The third kappa shape index (κ3) is 6.24. The average molecular weight is 442 g/mol. The second-order valence-corrected chi connectivity index (χ2v) is 10.3. The van der Waals surface area contributed by atoms with Crippen LogP contribution < -0.4 is 10.0 Å². The SMILES string of the molecule is CC1=C[C@@H](CNS(=O)(=O)c2ccccc2)[C@H](C(C)C)C[C@H]1CC(=O)Nc1ccccn1. The molecule has 1 aliphatic carbocycles. The summed E-state index contributed by atoms with van der Waals surface area (Å²) < 4.78 is 28.0. The van der Waals surface area contributed by atoms with Crippen LogP contribution in [-0.4, -0.2) is 25.9 Å². The van der Waals surface area contributed by atoms with Crippen LogP contribution in [0.15, 0.2) is 71.3 Å². The zero-order valence-corrected chi connectivity index (χ0v) is 19.1. The monoisotopic (exact) mass is 441 g/mol. The van der Waals surface area contributed by atoms with Gasteiger partial charge in [-0.3, -0.25) is 4.79 Å². The summed E-state index contributed by atoms with van der Waals surface area (Å²) >= 11 is 0. The molecule has 1 aromatic carbocycles. The Morgan fingerprint density at radius 1 is 1.13 bits per heavy atom. The molecule has 0 aliphatic heterocycles. The highest BCUT2D eigenvalue weighted by atomic mass is 32.2. The maximum absolute atomic E-state index is 12.6. The standard InChI is InChI=1S/C24H31N3O3S/c1-17(2)22-14-19(15-24(28)27-23-11-7-8-12-25-23)18(3)13-20(22)16-26-31(29,30)21-9-5-4-6-10-21/h4-13,17,19-20,22,26H,14-16H2,1-3H3,(H,25,27,28)/t19-,20-,22-/m0/s1. The van der Waals surface area contributed by atoms with E-state index in [9.17, 15) is 13.2 Å². The number of pyridine rings is 1. The molecule has 0 radical (unpaired) electrons. The van der Waals surface area contributed by atoms with Crippen LogP contribution in [0.3, 0.4) is 0 Å². The molecule has 0 saturated carbocycles. The second-order valence-electron chi connectivity index (χ2n) is 8.55. The van der Waals surface area contributed by atoms with Gasteiger partial charge in [-0.15, -0.1) is 0 Å². The highest BCUT2D eigenvalue weighted by molar-refractivity contribution is 7.89. The molecule has 0 spiro atoms. The van der Waals surface area contributed by atoms with Crippen molar-refractivity contribution in [2.75, 3.05) is 11.9 Å². The number of amides is 1. The summed E-state index contributed by atoms with van der Waals surface area (Å²) in [5, 5.41) is 2.86. The summed E-state index contributed by atoms with van der Waals surface area (Å²) in [5.74, 6) is 1.39. The van der Waals surface area contributed by atoms with Crippen LogP contribution in [0, 0.1) is 23.7 Å². The van der Waals surface area contributed by atoms with E-state index in [1.165, 1.54) is 0 Å². The number of hydrogen-bond acceptors (Lipinski definition) is 4. The molecule has 0 fully saturated rings. The predicted molar refractivity (Wildman–Crippen MR) is 123 cm³/mol. The second kappa shape index (κ2) is 10.2. The van der Waals surface area contributed by atoms with Crippen molar-refractivity contribution in [3.05, 3.63) is 66.4 Å². The Labute approximate surface area is 185 Å². The molecule has 6 nitrogen and oxygen atoms in total. The zero-order chi connectivity index (χ0) is 22.4. The molecule has 0 saturated heterocycles. The number of nitrogens with zero attached hydrogens (tertiary/aromatic N) is 1. The van der Waals surface area contributed by atoms with Crippen LogP contribution in [0.4, 0.5) is 5.82 Å². The quantitative estimate of drug-likeness (QED) is 0.600. The van der Waals surface area contributed by atoms with Crippen molar-refractivity contribution >= 4 is 21.7 Å². The number of carbonyl (C=O) groups is 1. The van der Waals surface area contributed by atoms with Gasteiger partial charge in [0.05, 0.1) is 4.90 Å². The van der Waals surface area contributed by atoms with E-state index >= 15 is 0 Å². The topological polar surface area (TPSA) is 88.2 Å². The van der Waals surface area contributed by atoms with Crippen LogP contribution in [0.2, 0.25) is 0 Å². The van der Waals surface area contributed by atoms with Crippen molar-refractivity contribution in [2.45, 2.75) is 38.5 Å². The molecule has 2 N–H and O–H groups in total. The van der Waals surface area contributed by atoms with Crippen LogP contribution in [0.25, 0.3) is 0 Å². The smallest absolute Gasteiger partial charge is 0.240 e. The minimum atomic E-state index is -3.54. The highest BCUT2D eigenvalue weighted by Gasteiger charge is 2.33. The molecule has 0 bridgehead atoms. The van der Waals surface area contributed by atoms with E-state index in [4.69, 9.17) is 0 Å². The van der Waals surface area contributed by atoms with Crippen LogP contribution in [0.5, 0.6) is 0 Å². The van der Waals surface area contributed by atoms with E-state index in [1.54, 1.807) is 42.6 Å². The van der Waals surface area contributed by atoms with Gasteiger partial charge >= 0.3 is 0 Å². The van der Waals surface area contributed by atoms with Gasteiger partial charge in [0.15, 0.2) is 0 Å². The fourth-order valence-corrected chi connectivity index (χ4v) is 5.34. The number of anilines is 1. The van der Waals surface area contributed by atoms with Crippen molar-refractivity contribution in [1.82, 2.24) is 9.71 Å². The lowest BCUT2D eigenvalue weighted by molar-refractivity contribution is -0.117. The van der Waals surface area contributed by atoms with Crippen molar-refractivity contribution in [3.8, 4) is 0 Å². The Kier molecular flexibility index (Phi) is 7.62. The van der Waals surface area contributed by atoms with E-state index < -0.39 is 10.0 Å². The maximum Gasteiger partial charge on any atom is 0.240 e. The van der Waals surface area contributed by atoms with Crippen molar-refractivity contribution in [1.29, 1.82) is 0 Å². The number of nitrogens with one attached hydrogen (secondary N) is 2. The van der Waals surface area contributed by atoms with Gasteiger partial charge in [-0.1, -0.05) is 49.8 Å². The number of rotatable bonds is 8. The lowest BCUT2D eigenvalue weighted by atomic mass is 9.70. The Balaban J connectivity index is 1.67. The lowest BCUT2D eigenvalue weighted by Crippen LogP contribution is -2.37. The Morgan fingerprint density at radius 3 is 2.48 bits per heavy atom. The molecular formula is C24H31N3O3S. The molecule has 1 amide bonds. The molecule has 3 atom stereocenters. The number of hydrogen-bond donors (Lipinski definition) is 2. The van der Waals surface area contributed by atoms with E-state index in [0.717, 1.165) is 12.0 Å². The predicted octanol–water partition coefficient (Wildman–Crippen LogP) is 4.24. The van der Waals surface area contributed by atoms with Crippen molar-refractivity contribution in [2.24, 2.45) is 23.7 Å². The van der Waals surface area contributed by atoms with Crippen LogP contribution in [0.1, 0.15) is 33.6 Å². The van der Waals surface area contributed by atoms with Crippen LogP contribution >= 0.6 is 0 Å². The number of aromatic nitrogens is 1. The molecule has 0 unspecified atom stereocenters. The summed E-state index contributed by atoms with van der Waals surface area (Å²) in [5.41, 5.74) is 1.14. The number of allylic oxidation sites excluding steroid dienone is 1. The van der Waals surface area contributed by atoms with Crippen molar-refractivity contribution < 1.29 is 13.2 Å². The van der Waals surface area contributed by atoms with Crippen molar-refractivity contribution in [3.63, 3.8) is 0 Å². The summed E-state index contributed by atoms with van der Waals surface area (Å²) in [4.78, 5) is 16.9. The molecule has 1 aromatic heterocycles. The van der Waals surface area contributed by atoms with Gasteiger partial charge in [0, 0.05) is 19.2 Å². The number of sulfonamides is 1. The largest absolute Gasteiger partial charge is 0.311 e. The number of benzene rings is 1. The van der Waals surface area contributed by atoms with E-state index in [-0.39, 0.29) is 28.6 Å². The Bertz CT molecular complexity index is 1000. The minimum absolute atomic E-state index is 0.0535. The Hall–Kier alpha value is -2.51. The summed E-state index contributed by atoms with van der Waals surface area (Å²) in [6, 6.07) is 13.8. The van der Waals surface area contributed by atoms with Gasteiger partial charge < -0.3 is 5.32 Å². The third-order valence-electron chi connectivity index (χ3n) is 6.01. The van der Waals surface area contributed by atoms with Gasteiger partial charge in [-0.25, -0.2) is 18.1 Å². The molecule has 7 heteroatoms.